The molecular formula is C22H22ClNO5. The SMILES string of the molecule is CCOc1ccc(CN(C)C(=O)COc2cc3oc(=O)cc(C)c3cc2Cl)cc1. The van der Waals surface area contributed by atoms with Crippen molar-refractivity contribution in [2.24, 2.45) is 0 Å². The quantitative estimate of drug-likeness (QED) is 0.541. The van der Waals surface area contributed by atoms with Crippen molar-refractivity contribution in [3.8, 4) is 11.5 Å². The van der Waals surface area contributed by atoms with Gasteiger partial charge in [-0.05, 0) is 43.2 Å². The summed E-state index contributed by atoms with van der Waals surface area (Å²) < 4.78 is 16.2. The molecule has 1 heterocycles. The van der Waals surface area contributed by atoms with Gasteiger partial charge < -0.3 is 18.8 Å². The van der Waals surface area contributed by atoms with Gasteiger partial charge in [-0.3, -0.25) is 4.79 Å². The van der Waals surface area contributed by atoms with E-state index in [1.54, 1.807) is 24.9 Å². The Morgan fingerprint density at radius 1 is 1.14 bits per heavy atom. The third-order valence-corrected chi connectivity index (χ3v) is 4.73. The summed E-state index contributed by atoms with van der Waals surface area (Å²) >= 11 is 6.27. The van der Waals surface area contributed by atoms with Gasteiger partial charge in [0.2, 0.25) is 0 Å². The van der Waals surface area contributed by atoms with Crippen LogP contribution in [0.2, 0.25) is 5.02 Å². The molecule has 1 aromatic heterocycles. The van der Waals surface area contributed by atoms with Crippen LogP contribution in [0.1, 0.15) is 18.1 Å². The molecule has 0 aliphatic heterocycles. The molecule has 7 heteroatoms. The molecule has 0 radical (unpaired) electrons. The number of hydrogen-bond donors (Lipinski definition) is 0. The summed E-state index contributed by atoms with van der Waals surface area (Å²) in [7, 11) is 1.70. The minimum atomic E-state index is -0.450. The molecule has 0 saturated heterocycles. The highest BCUT2D eigenvalue weighted by atomic mass is 35.5. The van der Waals surface area contributed by atoms with Gasteiger partial charge in [0.1, 0.15) is 17.1 Å². The Bertz CT molecular complexity index is 1070. The number of halogens is 1. The first kappa shape index (κ1) is 20.7. The van der Waals surface area contributed by atoms with Crippen LogP contribution in [-0.4, -0.2) is 31.1 Å². The molecule has 0 N–H and O–H groups in total. The van der Waals surface area contributed by atoms with Crippen LogP contribution >= 0.6 is 11.6 Å². The minimum absolute atomic E-state index is 0.186. The Morgan fingerprint density at radius 2 is 1.86 bits per heavy atom. The minimum Gasteiger partial charge on any atom is -0.494 e. The normalized spacial score (nSPS) is 10.8. The Hall–Kier alpha value is -2.99. The predicted molar refractivity (Wildman–Crippen MR) is 112 cm³/mol. The zero-order valence-corrected chi connectivity index (χ0v) is 17.3. The van der Waals surface area contributed by atoms with Gasteiger partial charge in [-0.1, -0.05) is 23.7 Å². The number of carbonyl (C=O) groups excluding carboxylic acids is 1. The molecule has 0 bridgehead atoms. The van der Waals surface area contributed by atoms with E-state index >= 15 is 0 Å². The fourth-order valence-corrected chi connectivity index (χ4v) is 3.12. The van der Waals surface area contributed by atoms with Gasteiger partial charge in [0.05, 0.1) is 11.6 Å². The molecule has 2 aromatic carbocycles. The molecule has 152 valence electrons. The maximum absolute atomic E-state index is 12.4. The van der Waals surface area contributed by atoms with Crippen molar-refractivity contribution >= 4 is 28.5 Å². The van der Waals surface area contributed by atoms with Gasteiger partial charge in [-0.15, -0.1) is 0 Å². The molecular weight excluding hydrogens is 394 g/mol. The highest BCUT2D eigenvalue weighted by Crippen LogP contribution is 2.31. The van der Waals surface area contributed by atoms with Crippen LogP contribution in [0.5, 0.6) is 11.5 Å². The van der Waals surface area contributed by atoms with Crippen molar-refractivity contribution < 1.29 is 18.7 Å². The summed E-state index contributed by atoms with van der Waals surface area (Å²) in [6.07, 6.45) is 0. The number of aryl methyl sites for hydroxylation is 1. The standard InChI is InChI=1S/C22H22ClNO5/c1-4-27-16-7-5-15(6-8-16)12-24(3)21(25)13-28-20-11-19-17(10-18(20)23)14(2)9-22(26)29-19/h5-11H,4,12-13H2,1-3H3. The summed E-state index contributed by atoms with van der Waals surface area (Å²) in [4.78, 5) is 25.6. The molecule has 6 nitrogen and oxygen atoms in total. The van der Waals surface area contributed by atoms with Crippen LogP contribution in [0.4, 0.5) is 0 Å². The average molecular weight is 416 g/mol. The Morgan fingerprint density at radius 3 is 2.55 bits per heavy atom. The summed E-state index contributed by atoms with van der Waals surface area (Å²) in [5.41, 5.74) is 1.65. The number of rotatable bonds is 7. The number of likely N-dealkylation sites (N-methyl/N-ethyl adjacent to an activating group) is 1. The third kappa shape index (κ3) is 5.09. The first-order valence-corrected chi connectivity index (χ1v) is 9.57. The second kappa shape index (κ2) is 9.01. The smallest absolute Gasteiger partial charge is 0.336 e. The lowest BCUT2D eigenvalue weighted by atomic mass is 10.1. The lowest BCUT2D eigenvalue weighted by molar-refractivity contribution is -0.132. The van der Waals surface area contributed by atoms with E-state index in [-0.39, 0.29) is 18.3 Å². The summed E-state index contributed by atoms with van der Waals surface area (Å²) in [5.74, 6) is 0.873. The zero-order chi connectivity index (χ0) is 21.0. The Labute approximate surface area is 173 Å². The molecule has 29 heavy (non-hydrogen) atoms. The molecule has 1 amide bonds. The fourth-order valence-electron chi connectivity index (χ4n) is 2.90. The van der Waals surface area contributed by atoms with Crippen LogP contribution in [-0.2, 0) is 11.3 Å². The molecule has 0 aliphatic rings. The molecule has 0 unspecified atom stereocenters. The fraction of sp³-hybridized carbons (Fsp3) is 0.273. The number of benzene rings is 2. The maximum Gasteiger partial charge on any atom is 0.336 e. The van der Waals surface area contributed by atoms with Gasteiger partial charge in [-0.2, -0.15) is 0 Å². The average Bonchev–Trinajstić information content (AvgIpc) is 2.68. The predicted octanol–water partition coefficient (Wildman–Crippen LogP) is 4.19. The van der Waals surface area contributed by atoms with Crippen LogP contribution in [0.15, 0.2) is 51.7 Å². The second-order valence-electron chi connectivity index (χ2n) is 6.64. The Balaban J connectivity index is 1.65. The number of carbonyl (C=O) groups is 1. The monoisotopic (exact) mass is 415 g/mol. The van der Waals surface area contributed by atoms with E-state index in [9.17, 15) is 9.59 Å². The molecule has 0 saturated carbocycles. The van der Waals surface area contributed by atoms with E-state index in [0.717, 1.165) is 22.3 Å². The summed E-state index contributed by atoms with van der Waals surface area (Å²) in [6, 6.07) is 12.2. The van der Waals surface area contributed by atoms with E-state index in [2.05, 4.69) is 0 Å². The van der Waals surface area contributed by atoms with Crippen molar-refractivity contribution in [1.82, 2.24) is 4.90 Å². The van der Waals surface area contributed by atoms with E-state index in [1.165, 1.54) is 12.1 Å². The largest absolute Gasteiger partial charge is 0.494 e. The number of fused-ring (bicyclic) bond motifs is 1. The first-order valence-electron chi connectivity index (χ1n) is 9.20. The van der Waals surface area contributed by atoms with Crippen LogP contribution in [0.25, 0.3) is 11.0 Å². The molecule has 0 fully saturated rings. The molecule has 3 aromatic rings. The molecule has 3 rings (SSSR count). The lowest BCUT2D eigenvalue weighted by Crippen LogP contribution is -2.31. The van der Waals surface area contributed by atoms with Crippen molar-refractivity contribution in [3.05, 3.63) is 69.0 Å². The zero-order valence-electron chi connectivity index (χ0n) is 16.5. The van der Waals surface area contributed by atoms with Crippen molar-refractivity contribution in [1.29, 1.82) is 0 Å². The van der Waals surface area contributed by atoms with Crippen LogP contribution in [0.3, 0.4) is 0 Å². The molecule has 0 spiro atoms. The highest BCUT2D eigenvalue weighted by molar-refractivity contribution is 6.32. The van der Waals surface area contributed by atoms with Gasteiger partial charge >= 0.3 is 5.63 Å². The number of nitrogens with zero attached hydrogens (tertiary/aromatic N) is 1. The highest BCUT2D eigenvalue weighted by Gasteiger charge is 2.14. The summed E-state index contributed by atoms with van der Waals surface area (Å²) in [5, 5.41) is 1.07. The lowest BCUT2D eigenvalue weighted by Gasteiger charge is -2.18. The third-order valence-electron chi connectivity index (χ3n) is 4.43. The molecule has 0 atom stereocenters. The topological polar surface area (TPSA) is 69.0 Å². The van der Waals surface area contributed by atoms with Crippen molar-refractivity contribution in [3.63, 3.8) is 0 Å². The van der Waals surface area contributed by atoms with Crippen LogP contribution in [0, 0.1) is 6.92 Å². The van der Waals surface area contributed by atoms with Gasteiger partial charge in [0.25, 0.3) is 5.91 Å². The number of hydrogen-bond acceptors (Lipinski definition) is 5. The molecule has 0 aliphatic carbocycles. The van der Waals surface area contributed by atoms with Crippen molar-refractivity contribution in [2.75, 3.05) is 20.3 Å². The van der Waals surface area contributed by atoms with Gasteiger partial charge in [0, 0.05) is 31.1 Å². The first-order chi connectivity index (χ1) is 13.9. The maximum atomic E-state index is 12.4. The van der Waals surface area contributed by atoms with E-state index in [0.29, 0.717) is 23.8 Å². The van der Waals surface area contributed by atoms with E-state index < -0.39 is 5.63 Å². The second-order valence-corrected chi connectivity index (χ2v) is 7.05. The van der Waals surface area contributed by atoms with E-state index in [4.69, 9.17) is 25.5 Å². The Kier molecular flexibility index (Phi) is 6.44. The summed E-state index contributed by atoms with van der Waals surface area (Å²) in [6.45, 7) is 4.59. The number of ether oxygens (including phenoxy) is 2. The van der Waals surface area contributed by atoms with Gasteiger partial charge in [-0.25, -0.2) is 4.79 Å². The number of amides is 1. The van der Waals surface area contributed by atoms with Crippen molar-refractivity contribution in [2.45, 2.75) is 20.4 Å². The van der Waals surface area contributed by atoms with Gasteiger partial charge in [0.15, 0.2) is 6.61 Å². The van der Waals surface area contributed by atoms with E-state index in [1.807, 2.05) is 31.2 Å². The van der Waals surface area contributed by atoms with Crippen LogP contribution < -0.4 is 15.1 Å².